The fourth-order valence-electron chi connectivity index (χ4n) is 1.78. The largest absolute Gasteiger partial charge is 0.399 e. The van der Waals surface area contributed by atoms with Gasteiger partial charge in [0.1, 0.15) is 11.8 Å². The summed E-state index contributed by atoms with van der Waals surface area (Å²) in [5.41, 5.74) is 8.61. The molecule has 0 spiro atoms. The van der Waals surface area contributed by atoms with E-state index in [0.717, 1.165) is 11.1 Å². The Hall–Kier alpha value is -3.20. The molecule has 0 radical (unpaired) electrons. The van der Waals surface area contributed by atoms with Crippen molar-refractivity contribution < 1.29 is 0 Å². The summed E-state index contributed by atoms with van der Waals surface area (Å²) in [5.74, 6) is 0.366. The summed E-state index contributed by atoms with van der Waals surface area (Å²) in [6.07, 6.45) is 5.06. The number of aromatic nitrogens is 4. The number of nitrogens with two attached hydrogens (primary N) is 1. The third kappa shape index (κ3) is 2.20. The monoisotopic (exact) mass is 262 g/mol. The maximum atomic E-state index is 8.84. The second kappa shape index (κ2) is 4.82. The quantitative estimate of drug-likeness (QED) is 0.710. The fraction of sp³-hybridized carbons (Fsp3) is 0. The zero-order valence-electron chi connectivity index (χ0n) is 10.4. The van der Waals surface area contributed by atoms with Gasteiger partial charge in [0, 0.05) is 23.6 Å². The molecule has 1 aromatic carbocycles. The average Bonchev–Trinajstić information content (AvgIpc) is 2.98. The molecule has 2 heterocycles. The Morgan fingerprint density at radius 1 is 1.10 bits per heavy atom. The van der Waals surface area contributed by atoms with Crippen LogP contribution in [0.2, 0.25) is 0 Å². The number of benzene rings is 1. The lowest BCUT2D eigenvalue weighted by molar-refractivity contribution is 0.805. The van der Waals surface area contributed by atoms with Crippen LogP contribution in [-0.2, 0) is 0 Å². The Bertz CT molecular complexity index is 782. The van der Waals surface area contributed by atoms with Gasteiger partial charge in [0.2, 0.25) is 0 Å². The summed E-state index contributed by atoms with van der Waals surface area (Å²) in [6.45, 7) is 0. The summed E-state index contributed by atoms with van der Waals surface area (Å²) < 4.78 is 1.53. The van der Waals surface area contributed by atoms with E-state index in [2.05, 4.69) is 15.1 Å². The number of nitrogens with zero attached hydrogens (tertiary/aromatic N) is 5. The Kier molecular flexibility index (Phi) is 2.86. The van der Waals surface area contributed by atoms with Crippen LogP contribution < -0.4 is 5.73 Å². The molecule has 0 aliphatic rings. The normalized spacial score (nSPS) is 10.2. The first-order valence-corrected chi connectivity index (χ1v) is 5.90. The smallest absolute Gasteiger partial charge is 0.251 e. The molecule has 2 aromatic heterocycles. The highest BCUT2D eigenvalue weighted by Gasteiger charge is 2.06. The van der Waals surface area contributed by atoms with Crippen LogP contribution in [-0.4, -0.2) is 19.7 Å². The predicted octanol–water partition coefficient (Wildman–Crippen LogP) is 1.78. The molecule has 0 fully saturated rings. The van der Waals surface area contributed by atoms with Gasteiger partial charge in [-0.05, 0) is 23.8 Å². The molecule has 20 heavy (non-hydrogen) atoms. The zero-order valence-corrected chi connectivity index (χ0v) is 10.4. The molecule has 6 nitrogen and oxygen atoms in total. The van der Waals surface area contributed by atoms with Crippen LogP contribution in [0.15, 0.2) is 48.9 Å². The van der Waals surface area contributed by atoms with Crippen LogP contribution in [0, 0.1) is 11.3 Å². The molecule has 0 aliphatic carbocycles. The highest BCUT2D eigenvalue weighted by molar-refractivity contribution is 5.64. The summed E-state index contributed by atoms with van der Waals surface area (Å²) in [6, 6.07) is 11.0. The third-order valence-electron chi connectivity index (χ3n) is 2.79. The van der Waals surface area contributed by atoms with Crippen molar-refractivity contribution in [1.29, 1.82) is 5.26 Å². The molecule has 0 saturated carbocycles. The molecule has 2 N–H and O–H groups in total. The zero-order chi connectivity index (χ0) is 13.9. The summed E-state index contributed by atoms with van der Waals surface area (Å²) >= 11 is 0. The second-order valence-corrected chi connectivity index (χ2v) is 4.15. The van der Waals surface area contributed by atoms with Gasteiger partial charge in [0.25, 0.3) is 5.95 Å². The number of nitrogen functional groups attached to an aromatic ring is 1. The maximum absolute atomic E-state index is 8.84. The van der Waals surface area contributed by atoms with Crippen LogP contribution in [0.4, 0.5) is 5.69 Å². The first-order chi connectivity index (χ1) is 9.76. The minimum Gasteiger partial charge on any atom is -0.399 e. The van der Waals surface area contributed by atoms with E-state index in [1.54, 1.807) is 12.3 Å². The molecule has 3 rings (SSSR count). The van der Waals surface area contributed by atoms with Crippen molar-refractivity contribution in [1.82, 2.24) is 19.7 Å². The fourth-order valence-corrected chi connectivity index (χ4v) is 1.78. The molecule has 3 aromatic rings. The summed E-state index contributed by atoms with van der Waals surface area (Å²) in [7, 11) is 0. The SMILES string of the molecule is N#Cc1ccnc(-n2cc(-c3ccc(N)cc3)cn2)n1. The molecule has 0 atom stereocenters. The van der Waals surface area contributed by atoms with E-state index < -0.39 is 0 Å². The van der Waals surface area contributed by atoms with Gasteiger partial charge in [0.15, 0.2) is 0 Å². The number of hydrogen-bond donors (Lipinski definition) is 1. The van der Waals surface area contributed by atoms with Gasteiger partial charge in [-0.3, -0.25) is 0 Å². The van der Waals surface area contributed by atoms with E-state index in [4.69, 9.17) is 11.0 Å². The molecular formula is C14H10N6. The highest BCUT2D eigenvalue weighted by Crippen LogP contribution is 2.20. The van der Waals surface area contributed by atoms with Crippen LogP contribution in [0.1, 0.15) is 5.69 Å². The van der Waals surface area contributed by atoms with Crippen LogP contribution in [0.5, 0.6) is 0 Å². The minimum atomic E-state index is 0.305. The standard InChI is InChI=1S/C14H10N6/c15-7-13-5-6-17-14(19-13)20-9-11(8-18-20)10-1-3-12(16)4-2-10/h1-6,8-9H,16H2. The first kappa shape index (κ1) is 11.9. The number of hydrogen-bond acceptors (Lipinski definition) is 5. The van der Waals surface area contributed by atoms with Gasteiger partial charge in [0.05, 0.1) is 6.20 Å². The van der Waals surface area contributed by atoms with Crippen molar-refractivity contribution in [3.8, 4) is 23.1 Å². The third-order valence-corrected chi connectivity index (χ3v) is 2.79. The molecule has 6 heteroatoms. The van der Waals surface area contributed by atoms with E-state index >= 15 is 0 Å². The number of rotatable bonds is 2. The summed E-state index contributed by atoms with van der Waals surface area (Å²) in [4.78, 5) is 8.19. The van der Waals surface area contributed by atoms with Crippen molar-refractivity contribution in [2.75, 3.05) is 5.73 Å². The predicted molar refractivity (Wildman–Crippen MR) is 73.7 cm³/mol. The Labute approximate surface area is 115 Å². The van der Waals surface area contributed by atoms with Gasteiger partial charge in [-0.1, -0.05) is 12.1 Å². The highest BCUT2D eigenvalue weighted by atomic mass is 15.3. The maximum Gasteiger partial charge on any atom is 0.251 e. The van der Waals surface area contributed by atoms with E-state index in [0.29, 0.717) is 17.3 Å². The van der Waals surface area contributed by atoms with Crippen molar-refractivity contribution in [2.45, 2.75) is 0 Å². The van der Waals surface area contributed by atoms with Crippen molar-refractivity contribution in [3.63, 3.8) is 0 Å². The summed E-state index contributed by atoms with van der Waals surface area (Å²) in [5, 5.41) is 13.0. The molecule has 96 valence electrons. The minimum absolute atomic E-state index is 0.305. The van der Waals surface area contributed by atoms with Crippen molar-refractivity contribution in [3.05, 3.63) is 54.6 Å². The van der Waals surface area contributed by atoms with Gasteiger partial charge >= 0.3 is 0 Å². The second-order valence-electron chi connectivity index (χ2n) is 4.15. The lowest BCUT2D eigenvalue weighted by Crippen LogP contribution is -2.01. The van der Waals surface area contributed by atoms with Gasteiger partial charge < -0.3 is 5.73 Å². The van der Waals surface area contributed by atoms with E-state index in [1.165, 1.54) is 10.9 Å². The van der Waals surface area contributed by atoms with Gasteiger partial charge in [-0.25, -0.2) is 14.6 Å². The average molecular weight is 262 g/mol. The van der Waals surface area contributed by atoms with Crippen LogP contribution >= 0.6 is 0 Å². The molecular weight excluding hydrogens is 252 g/mol. The molecule has 0 bridgehead atoms. The number of nitriles is 1. The van der Waals surface area contributed by atoms with Gasteiger partial charge in [-0.2, -0.15) is 10.4 Å². The Balaban J connectivity index is 1.97. The topological polar surface area (TPSA) is 93.4 Å². The Morgan fingerprint density at radius 2 is 1.90 bits per heavy atom. The lowest BCUT2D eigenvalue weighted by atomic mass is 10.1. The number of anilines is 1. The Morgan fingerprint density at radius 3 is 2.65 bits per heavy atom. The van der Waals surface area contributed by atoms with E-state index in [9.17, 15) is 0 Å². The molecule has 0 unspecified atom stereocenters. The molecule has 0 amide bonds. The van der Waals surface area contributed by atoms with Gasteiger partial charge in [-0.15, -0.1) is 0 Å². The molecule has 0 aliphatic heterocycles. The lowest BCUT2D eigenvalue weighted by Gasteiger charge is -1.99. The van der Waals surface area contributed by atoms with Crippen LogP contribution in [0.25, 0.3) is 17.1 Å². The first-order valence-electron chi connectivity index (χ1n) is 5.90. The molecule has 0 saturated heterocycles. The van der Waals surface area contributed by atoms with E-state index in [-0.39, 0.29) is 0 Å². The van der Waals surface area contributed by atoms with Crippen molar-refractivity contribution >= 4 is 5.69 Å². The van der Waals surface area contributed by atoms with E-state index in [1.807, 2.05) is 36.5 Å². The van der Waals surface area contributed by atoms with Crippen LogP contribution in [0.3, 0.4) is 0 Å². The van der Waals surface area contributed by atoms with Crippen molar-refractivity contribution in [2.24, 2.45) is 0 Å².